The van der Waals surface area contributed by atoms with Gasteiger partial charge in [0.05, 0.1) is 12.6 Å². The normalized spacial score (nSPS) is 20.9. The SMILES string of the molecule is CC(O)CC(C)NCC(=O)NC1CCCCC1. The van der Waals surface area contributed by atoms with E-state index in [4.69, 9.17) is 0 Å². The Balaban J connectivity index is 2.11. The summed E-state index contributed by atoms with van der Waals surface area (Å²) >= 11 is 0. The maximum atomic E-state index is 11.7. The molecule has 1 fully saturated rings. The summed E-state index contributed by atoms with van der Waals surface area (Å²) in [4.78, 5) is 11.7. The molecule has 1 aliphatic rings. The third-order valence-corrected chi connectivity index (χ3v) is 3.28. The van der Waals surface area contributed by atoms with Crippen molar-refractivity contribution >= 4 is 5.91 Å². The van der Waals surface area contributed by atoms with Gasteiger partial charge in [0.2, 0.25) is 5.91 Å². The van der Waals surface area contributed by atoms with Crippen LogP contribution in [0.5, 0.6) is 0 Å². The lowest BCUT2D eigenvalue weighted by molar-refractivity contribution is -0.121. The molecule has 17 heavy (non-hydrogen) atoms. The van der Waals surface area contributed by atoms with Crippen LogP contribution in [0.15, 0.2) is 0 Å². The largest absolute Gasteiger partial charge is 0.393 e. The number of amides is 1. The molecule has 0 radical (unpaired) electrons. The molecule has 1 saturated carbocycles. The van der Waals surface area contributed by atoms with E-state index in [2.05, 4.69) is 10.6 Å². The summed E-state index contributed by atoms with van der Waals surface area (Å²) < 4.78 is 0. The smallest absolute Gasteiger partial charge is 0.234 e. The molecule has 0 aromatic rings. The van der Waals surface area contributed by atoms with Crippen molar-refractivity contribution in [1.29, 1.82) is 0 Å². The molecule has 4 heteroatoms. The number of carbonyl (C=O) groups excluding carboxylic acids is 1. The minimum absolute atomic E-state index is 0.0781. The predicted molar refractivity (Wildman–Crippen MR) is 68.8 cm³/mol. The first kappa shape index (κ1) is 14.5. The van der Waals surface area contributed by atoms with E-state index in [1.807, 2.05) is 6.92 Å². The molecule has 0 aromatic carbocycles. The minimum atomic E-state index is -0.320. The fourth-order valence-electron chi connectivity index (χ4n) is 2.39. The highest BCUT2D eigenvalue weighted by Gasteiger charge is 2.15. The fourth-order valence-corrected chi connectivity index (χ4v) is 2.39. The molecular formula is C13H26N2O2. The van der Waals surface area contributed by atoms with E-state index in [0.29, 0.717) is 19.0 Å². The van der Waals surface area contributed by atoms with Crippen molar-refractivity contribution in [1.82, 2.24) is 10.6 Å². The third-order valence-electron chi connectivity index (χ3n) is 3.28. The topological polar surface area (TPSA) is 61.4 Å². The van der Waals surface area contributed by atoms with Crippen LogP contribution < -0.4 is 10.6 Å². The second-order valence-electron chi connectivity index (χ2n) is 5.27. The molecule has 2 unspecified atom stereocenters. The lowest BCUT2D eigenvalue weighted by Gasteiger charge is -2.23. The summed E-state index contributed by atoms with van der Waals surface area (Å²) in [6, 6.07) is 0.553. The number of rotatable bonds is 6. The minimum Gasteiger partial charge on any atom is -0.393 e. The first-order valence-corrected chi connectivity index (χ1v) is 6.78. The molecule has 4 nitrogen and oxygen atoms in total. The Morgan fingerprint density at radius 3 is 2.53 bits per heavy atom. The summed E-state index contributed by atoms with van der Waals surface area (Å²) in [6.07, 6.45) is 6.36. The highest BCUT2D eigenvalue weighted by atomic mass is 16.3. The Morgan fingerprint density at radius 2 is 1.94 bits per heavy atom. The van der Waals surface area contributed by atoms with Crippen LogP contribution in [0.1, 0.15) is 52.4 Å². The van der Waals surface area contributed by atoms with E-state index in [0.717, 1.165) is 12.8 Å². The summed E-state index contributed by atoms with van der Waals surface area (Å²) in [6.45, 7) is 4.10. The Hall–Kier alpha value is -0.610. The van der Waals surface area contributed by atoms with Crippen molar-refractivity contribution in [2.24, 2.45) is 0 Å². The van der Waals surface area contributed by atoms with Gasteiger partial charge in [0, 0.05) is 12.1 Å². The lowest BCUT2D eigenvalue weighted by Crippen LogP contribution is -2.43. The molecular weight excluding hydrogens is 216 g/mol. The van der Waals surface area contributed by atoms with Gasteiger partial charge in [-0.25, -0.2) is 0 Å². The number of carbonyl (C=O) groups is 1. The van der Waals surface area contributed by atoms with Crippen molar-refractivity contribution in [2.75, 3.05) is 6.54 Å². The fraction of sp³-hybridized carbons (Fsp3) is 0.923. The Labute approximate surface area is 104 Å². The predicted octanol–water partition coefficient (Wildman–Crippen LogP) is 1.18. The molecule has 0 heterocycles. The summed E-state index contributed by atoms with van der Waals surface area (Å²) in [5.41, 5.74) is 0. The van der Waals surface area contributed by atoms with Gasteiger partial charge >= 0.3 is 0 Å². The molecule has 0 bridgehead atoms. The Bertz CT molecular complexity index is 225. The standard InChI is InChI=1S/C13H26N2O2/c1-10(8-11(2)16)14-9-13(17)15-12-6-4-3-5-7-12/h10-12,14,16H,3-9H2,1-2H3,(H,15,17). The van der Waals surface area contributed by atoms with Crippen LogP contribution in [-0.4, -0.2) is 35.7 Å². The molecule has 0 aromatic heterocycles. The highest BCUT2D eigenvalue weighted by Crippen LogP contribution is 2.17. The zero-order valence-corrected chi connectivity index (χ0v) is 11.0. The molecule has 100 valence electrons. The Kier molecular flexibility index (Phi) is 6.52. The van der Waals surface area contributed by atoms with Gasteiger partial charge in [-0.1, -0.05) is 19.3 Å². The van der Waals surface area contributed by atoms with Crippen LogP contribution in [0.2, 0.25) is 0 Å². The van der Waals surface area contributed by atoms with Gasteiger partial charge in [-0.05, 0) is 33.1 Å². The third kappa shape index (κ3) is 6.64. The van der Waals surface area contributed by atoms with Crippen LogP contribution in [0.25, 0.3) is 0 Å². The first-order valence-electron chi connectivity index (χ1n) is 6.78. The van der Waals surface area contributed by atoms with Crippen molar-refractivity contribution in [3.8, 4) is 0 Å². The van der Waals surface area contributed by atoms with E-state index in [1.165, 1.54) is 19.3 Å². The average Bonchev–Trinajstić information content (AvgIpc) is 2.27. The molecule has 0 aliphatic heterocycles. The van der Waals surface area contributed by atoms with Crippen molar-refractivity contribution in [2.45, 2.75) is 70.6 Å². The summed E-state index contributed by atoms with van der Waals surface area (Å²) in [7, 11) is 0. The van der Waals surface area contributed by atoms with E-state index in [1.54, 1.807) is 6.92 Å². The van der Waals surface area contributed by atoms with Gasteiger partial charge < -0.3 is 15.7 Å². The van der Waals surface area contributed by atoms with Crippen LogP contribution >= 0.6 is 0 Å². The van der Waals surface area contributed by atoms with Crippen LogP contribution in [0, 0.1) is 0 Å². The molecule has 1 aliphatic carbocycles. The quantitative estimate of drug-likeness (QED) is 0.655. The van der Waals surface area contributed by atoms with Crippen LogP contribution in [0.4, 0.5) is 0 Å². The van der Waals surface area contributed by atoms with Crippen LogP contribution in [-0.2, 0) is 4.79 Å². The zero-order valence-electron chi connectivity index (χ0n) is 11.0. The van der Waals surface area contributed by atoms with E-state index in [-0.39, 0.29) is 18.1 Å². The second-order valence-corrected chi connectivity index (χ2v) is 5.27. The molecule has 0 saturated heterocycles. The van der Waals surface area contributed by atoms with Gasteiger partial charge in [-0.3, -0.25) is 4.79 Å². The van der Waals surface area contributed by atoms with Crippen molar-refractivity contribution < 1.29 is 9.90 Å². The Morgan fingerprint density at radius 1 is 1.29 bits per heavy atom. The van der Waals surface area contributed by atoms with E-state index < -0.39 is 0 Å². The summed E-state index contributed by atoms with van der Waals surface area (Å²) in [5.74, 6) is 0.0781. The number of aliphatic hydroxyl groups is 1. The maximum Gasteiger partial charge on any atom is 0.234 e. The molecule has 1 rings (SSSR count). The van der Waals surface area contributed by atoms with E-state index >= 15 is 0 Å². The van der Waals surface area contributed by atoms with Crippen molar-refractivity contribution in [3.63, 3.8) is 0 Å². The van der Waals surface area contributed by atoms with Crippen LogP contribution in [0.3, 0.4) is 0 Å². The number of hydrogen-bond donors (Lipinski definition) is 3. The van der Waals surface area contributed by atoms with Crippen molar-refractivity contribution in [3.05, 3.63) is 0 Å². The molecule has 2 atom stereocenters. The van der Waals surface area contributed by atoms with Gasteiger partial charge in [0.15, 0.2) is 0 Å². The number of aliphatic hydroxyl groups excluding tert-OH is 1. The van der Waals surface area contributed by atoms with E-state index in [9.17, 15) is 9.90 Å². The number of hydrogen-bond acceptors (Lipinski definition) is 3. The zero-order chi connectivity index (χ0) is 12.7. The average molecular weight is 242 g/mol. The van der Waals surface area contributed by atoms with Gasteiger partial charge in [-0.15, -0.1) is 0 Å². The lowest BCUT2D eigenvalue weighted by atomic mass is 9.95. The van der Waals surface area contributed by atoms with Gasteiger partial charge in [-0.2, -0.15) is 0 Å². The molecule has 1 amide bonds. The summed E-state index contributed by atoms with van der Waals surface area (Å²) in [5, 5.41) is 15.4. The molecule has 0 spiro atoms. The number of nitrogens with one attached hydrogen (secondary N) is 2. The second kappa shape index (κ2) is 7.67. The van der Waals surface area contributed by atoms with Gasteiger partial charge in [0.1, 0.15) is 0 Å². The monoisotopic (exact) mass is 242 g/mol. The highest BCUT2D eigenvalue weighted by molar-refractivity contribution is 5.78. The first-order chi connectivity index (χ1) is 8.08. The maximum absolute atomic E-state index is 11.7. The molecule has 3 N–H and O–H groups in total. The van der Waals surface area contributed by atoms with Gasteiger partial charge in [0.25, 0.3) is 0 Å².